The molecule has 0 saturated carbocycles. The molecule has 2 aromatic rings. The molecule has 15 heavy (non-hydrogen) atoms. The highest BCUT2D eigenvalue weighted by atomic mass is 16.3. The van der Waals surface area contributed by atoms with Crippen LogP contribution in [-0.4, -0.2) is 10.1 Å². The molecule has 2 rings (SSSR count). The number of nitrogens with one attached hydrogen (secondary N) is 1. The number of aromatic amines is 1. The molecule has 2 N–H and O–H groups in total. The molecule has 0 amide bonds. The monoisotopic (exact) mass is 200 g/mol. The van der Waals surface area contributed by atoms with Gasteiger partial charge in [-0.3, -0.25) is 4.79 Å². The van der Waals surface area contributed by atoms with Crippen molar-refractivity contribution in [1.82, 2.24) is 4.98 Å². The van der Waals surface area contributed by atoms with Crippen molar-refractivity contribution in [3.05, 3.63) is 39.7 Å². The predicted molar refractivity (Wildman–Crippen MR) is 55.7 cm³/mol. The molecule has 74 valence electrons. The van der Waals surface area contributed by atoms with Crippen LogP contribution in [0.4, 0.5) is 0 Å². The van der Waals surface area contributed by atoms with E-state index >= 15 is 0 Å². The Bertz CT molecular complexity index is 635. The van der Waals surface area contributed by atoms with Gasteiger partial charge in [-0.2, -0.15) is 5.26 Å². The average Bonchev–Trinajstić information content (AvgIpc) is 2.25. The number of hydrogen-bond donors (Lipinski definition) is 2. The minimum atomic E-state index is -0.411. The van der Waals surface area contributed by atoms with Gasteiger partial charge in [0.2, 0.25) is 5.43 Å². The van der Waals surface area contributed by atoms with Gasteiger partial charge in [0, 0.05) is 5.39 Å². The highest BCUT2D eigenvalue weighted by Crippen LogP contribution is 2.16. The summed E-state index contributed by atoms with van der Waals surface area (Å²) in [4.78, 5) is 14.5. The van der Waals surface area contributed by atoms with E-state index in [2.05, 4.69) is 4.98 Å². The Hall–Kier alpha value is -2.28. The summed E-state index contributed by atoms with van der Waals surface area (Å²) in [5, 5.41) is 18.5. The van der Waals surface area contributed by atoms with Crippen molar-refractivity contribution in [2.45, 2.75) is 6.92 Å². The summed E-state index contributed by atoms with van der Waals surface area (Å²) in [6.07, 6.45) is 0. The number of nitrogens with zero attached hydrogens (tertiary/aromatic N) is 1. The molecule has 1 aromatic heterocycles. The second-order valence-corrected chi connectivity index (χ2v) is 3.30. The number of rotatable bonds is 0. The summed E-state index contributed by atoms with van der Waals surface area (Å²) < 4.78 is 0. The van der Waals surface area contributed by atoms with Gasteiger partial charge in [-0.1, -0.05) is 0 Å². The van der Waals surface area contributed by atoms with Crippen molar-refractivity contribution in [1.29, 1.82) is 5.26 Å². The van der Waals surface area contributed by atoms with Gasteiger partial charge < -0.3 is 10.1 Å². The van der Waals surface area contributed by atoms with E-state index in [0.29, 0.717) is 22.2 Å². The topological polar surface area (TPSA) is 76.9 Å². The van der Waals surface area contributed by atoms with Crippen molar-refractivity contribution in [3.8, 4) is 11.8 Å². The van der Waals surface area contributed by atoms with Crippen LogP contribution in [-0.2, 0) is 0 Å². The molecule has 1 aromatic carbocycles. The second-order valence-electron chi connectivity index (χ2n) is 3.30. The SMILES string of the molecule is Cc1[nH]c2cc(C#N)ccc2c(=O)c1O. The van der Waals surface area contributed by atoms with Gasteiger partial charge in [-0.25, -0.2) is 0 Å². The lowest BCUT2D eigenvalue weighted by molar-refractivity contribution is 0.464. The van der Waals surface area contributed by atoms with Crippen molar-refractivity contribution in [2.75, 3.05) is 0 Å². The van der Waals surface area contributed by atoms with Crippen LogP contribution >= 0.6 is 0 Å². The van der Waals surface area contributed by atoms with E-state index in [1.165, 1.54) is 6.07 Å². The number of nitriles is 1. The minimum absolute atomic E-state index is 0.271. The standard InChI is InChI=1S/C11H8N2O2/c1-6-10(14)11(15)8-3-2-7(5-12)4-9(8)13-6/h2-4,14H,1H3,(H,13,15). The number of aryl methyl sites for hydroxylation is 1. The Kier molecular flexibility index (Phi) is 1.94. The second kappa shape index (κ2) is 3.14. The van der Waals surface area contributed by atoms with Gasteiger partial charge in [0.15, 0.2) is 5.75 Å². The lowest BCUT2D eigenvalue weighted by atomic mass is 10.1. The average molecular weight is 200 g/mol. The number of fused-ring (bicyclic) bond motifs is 1. The van der Waals surface area contributed by atoms with Gasteiger partial charge in [0.1, 0.15) is 0 Å². The van der Waals surface area contributed by atoms with E-state index in [4.69, 9.17) is 5.26 Å². The fourth-order valence-corrected chi connectivity index (χ4v) is 1.47. The van der Waals surface area contributed by atoms with Crippen LogP contribution in [0.3, 0.4) is 0 Å². The van der Waals surface area contributed by atoms with Crippen molar-refractivity contribution >= 4 is 10.9 Å². The molecule has 0 saturated heterocycles. The molecule has 0 spiro atoms. The third-order valence-electron chi connectivity index (χ3n) is 2.29. The molecule has 0 fully saturated rings. The fourth-order valence-electron chi connectivity index (χ4n) is 1.47. The number of aromatic hydroxyl groups is 1. The van der Waals surface area contributed by atoms with Crippen LogP contribution in [0.2, 0.25) is 0 Å². The maximum absolute atomic E-state index is 11.6. The first-order chi connectivity index (χ1) is 7.13. The molecule has 4 heteroatoms. The molecule has 0 aliphatic carbocycles. The summed E-state index contributed by atoms with van der Waals surface area (Å²) in [6.45, 7) is 1.61. The first-order valence-corrected chi connectivity index (χ1v) is 4.39. The maximum Gasteiger partial charge on any atom is 0.231 e. The summed E-state index contributed by atoms with van der Waals surface area (Å²) in [5.74, 6) is -0.271. The number of H-pyrrole nitrogens is 1. The Balaban J connectivity index is 2.94. The molecule has 0 aliphatic heterocycles. The molecule has 0 aliphatic rings. The zero-order valence-corrected chi connectivity index (χ0v) is 8.03. The van der Waals surface area contributed by atoms with E-state index in [1.54, 1.807) is 19.1 Å². The van der Waals surface area contributed by atoms with Crippen LogP contribution in [0.15, 0.2) is 23.0 Å². The van der Waals surface area contributed by atoms with Gasteiger partial charge in [0.25, 0.3) is 0 Å². The third-order valence-corrected chi connectivity index (χ3v) is 2.29. The lowest BCUT2D eigenvalue weighted by Crippen LogP contribution is -2.04. The molecule has 0 radical (unpaired) electrons. The quantitative estimate of drug-likeness (QED) is 0.675. The number of hydrogen-bond acceptors (Lipinski definition) is 3. The molecule has 0 atom stereocenters. The molecular weight excluding hydrogens is 192 g/mol. The number of aromatic nitrogens is 1. The first kappa shape index (κ1) is 9.28. The summed E-state index contributed by atoms with van der Waals surface area (Å²) in [6, 6.07) is 6.66. The van der Waals surface area contributed by atoms with Crippen LogP contribution in [0.25, 0.3) is 10.9 Å². The van der Waals surface area contributed by atoms with E-state index in [-0.39, 0.29) is 5.75 Å². The Morgan fingerprint density at radius 3 is 2.87 bits per heavy atom. The van der Waals surface area contributed by atoms with Crippen LogP contribution in [0.5, 0.6) is 5.75 Å². The van der Waals surface area contributed by atoms with E-state index in [9.17, 15) is 9.90 Å². The largest absolute Gasteiger partial charge is 0.503 e. The van der Waals surface area contributed by atoms with Crippen LogP contribution in [0.1, 0.15) is 11.3 Å². The van der Waals surface area contributed by atoms with Gasteiger partial charge in [-0.15, -0.1) is 0 Å². The Morgan fingerprint density at radius 1 is 1.47 bits per heavy atom. The predicted octanol–water partition coefficient (Wildman–Crippen LogP) is 1.41. The highest BCUT2D eigenvalue weighted by Gasteiger charge is 2.07. The van der Waals surface area contributed by atoms with Crippen molar-refractivity contribution in [3.63, 3.8) is 0 Å². The molecule has 0 bridgehead atoms. The smallest absolute Gasteiger partial charge is 0.231 e. The van der Waals surface area contributed by atoms with Crippen LogP contribution in [0, 0.1) is 18.3 Å². The third kappa shape index (κ3) is 1.34. The molecular formula is C11H8N2O2. The number of benzene rings is 1. The highest BCUT2D eigenvalue weighted by molar-refractivity contribution is 5.81. The van der Waals surface area contributed by atoms with E-state index in [0.717, 1.165) is 0 Å². The zero-order valence-electron chi connectivity index (χ0n) is 8.03. The maximum atomic E-state index is 11.6. The summed E-state index contributed by atoms with van der Waals surface area (Å²) >= 11 is 0. The Morgan fingerprint density at radius 2 is 2.20 bits per heavy atom. The van der Waals surface area contributed by atoms with Gasteiger partial charge in [0.05, 0.1) is 22.8 Å². The van der Waals surface area contributed by atoms with E-state index in [1.807, 2.05) is 6.07 Å². The first-order valence-electron chi connectivity index (χ1n) is 4.39. The van der Waals surface area contributed by atoms with E-state index < -0.39 is 5.43 Å². The normalized spacial score (nSPS) is 10.1. The summed E-state index contributed by atoms with van der Waals surface area (Å²) in [5.41, 5.74) is 1.03. The zero-order chi connectivity index (χ0) is 11.0. The Labute approximate surface area is 85.4 Å². The summed E-state index contributed by atoms with van der Waals surface area (Å²) in [7, 11) is 0. The fraction of sp³-hybridized carbons (Fsp3) is 0.0909. The van der Waals surface area contributed by atoms with Crippen molar-refractivity contribution in [2.24, 2.45) is 0 Å². The molecule has 4 nitrogen and oxygen atoms in total. The number of pyridine rings is 1. The minimum Gasteiger partial charge on any atom is -0.503 e. The molecule has 1 heterocycles. The van der Waals surface area contributed by atoms with Crippen LogP contribution < -0.4 is 5.43 Å². The molecule has 0 unspecified atom stereocenters. The van der Waals surface area contributed by atoms with Crippen molar-refractivity contribution < 1.29 is 5.11 Å². The van der Waals surface area contributed by atoms with Gasteiger partial charge in [-0.05, 0) is 25.1 Å². The lowest BCUT2D eigenvalue weighted by Gasteiger charge is -2.02. The van der Waals surface area contributed by atoms with Gasteiger partial charge >= 0.3 is 0 Å².